The molecule has 0 bridgehead atoms. The molecule has 1 aliphatic heterocycles. The number of nitrogens with one attached hydrogen (secondary N) is 1. The molecule has 1 aromatic rings. The first-order valence-electron chi connectivity index (χ1n) is 5.41. The number of rotatable bonds is 3. The molecular weight excluding hydrogens is 244 g/mol. The Labute approximate surface area is 104 Å². The molecule has 0 aliphatic carbocycles. The van der Waals surface area contributed by atoms with Crippen molar-refractivity contribution < 1.29 is 9.84 Å². The highest BCUT2D eigenvalue weighted by Crippen LogP contribution is 2.21. The maximum Gasteiger partial charge on any atom is 0.223 e. The fourth-order valence-electron chi connectivity index (χ4n) is 1.71. The molecule has 0 saturated carbocycles. The van der Waals surface area contributed by atoms with Crippen LogP contribution in [0.2, 0.25) is 5.15 Å². The van der Waals surface area contributed by atoms with E-state index in [9.17, 15) is 5.11 Å². The van der Waals surface area contributed by atoms with E-state index in [1.165, 1.54) is 0 Å². The van der Waals surface area contributed by atoms with Crippen LogP contribution in [0.5, 0.6) is 0 Å². The average molecular weight is 259 g/mol. The molecule has 1 aliphatic rings. The number of nitrogens with zero attached hydrogens (tertiary/aromatic N) is 2. The molecule has 0 aromatic carbocycles. The molecule has 2 heterocycles. The van der Waals surface area contributed by atoms with E-state index in [0.29, 0.717) is 38.4 Å². The number of nitrogen functional groups attached to an aromatic ring is 1. The number of hydrogen-bond acceptors (Lipinski definition) is 6. The summed E-state index contributed by atoms with van der Waals surface area (Å²) in [7, 11) is 0. The molecular formula is C10H15ClN4O2. The fourth-order valence-corrected chi connectivity index (χ4v) is 1.90. The molecule has 94 valence electrons. The second-order valence-corrected chi connectivity index (χ2v) is 4.51. The summed E-state index contributed by atoms with van der Waals surface area (Å²) in [5, 5.41) is 13.5. The normalized spacial score (nSPS) is 18.9. The Kier molecular flexibility index (Phi) is 3.66. The highest BCUT2D eigenvalue weighted by atomic mass is 35.5. The van der Waals surface area contributed by atoms with Crippen LogP contribution in [-0.2, 0) is 4.74 Å². The molecule has 17 heavy (non-hydrogen) atoms. The minimum absolute atomic E-state index is 0.110. The topological polar surface area (TPSA) is 93.3 Å². The first-order chi connectivity index (χ1) is 8.07. The van der Waals surface area contributed by atoms with Crippen LogP contribution < -0.4 is 11.1 Å². The van der Waals surface area contributed by atoms with Gasteiger partial charge in [0.05, 0.1) is 5.60 Å². The van der Waals surface area contributed by atoms with Crippen molar-refractivity contribution in [2.75, 3.05) is 30.8 Å². The zero-order valence-corrected chi connectivity index (χ0v) is 10.1. The largest absolute Gasteiger partial charge is 0.388 e. The third kappa shape index (κ3) is 3.42. The van der Waals surface area contributed by atoms with Gasteiger partial charge in [-0.1, -0.05) is 11.6 Å². The lowest BCUT2D eigenvalue weighted by Gasteiger charge is -2.32. The minimum Gasteiger partial charge on any atom is -0.388 e. The zero-order valence-electron chi connectivity index (χ0n) is 9.32. The van der Waals surface area contributed by atoms with E-state index in [1.54, 1.807) is 6.07 Å². The number of halogens is 1. The SMILES string of the molecule is Nc1nc(Cl)cc(NCC2(O)CCOCC2)n1. The summed E-state index contributed by atoms with van der Waals surface area (Å²) in [5.74, 6) is 0.626. The van der Waals surface area contributed by atoms with Gasteiger partial charge in [0.15, 0.2) is 0 Å². The van der Waals surface area contributed by atoms with Crippen molar-refractivity contribution >= 4 is 23.4 Å². The van der Waals surface area contributed by atoms with E-state index in [-0.39, 0.29) is 11.1 Å². The number of ether oxygens (including phenoxy) is 1. The first kappa shape index (κ1) is 12.3. The summed E-state index contributed by atoms with van der Waals surface area (Å²) in [6.45, 7) is 1.54. The predicted molar refractivity (Wildman–Crippen MR) is 64.9 cm³/mol. The molecule has 4 N–H and O–H groups in total. The minimum atomic E-state index is -0.759. The monoisotopic (exact) mass is 258 g/mol. The summed E-state index contributed by atoms with van der Waals surface area (Å²) in [4.78, 5) is 7.73. The second kappa shape index (κ2) is 5.03. The van der Waals surface area contributed by atoms with Gasteiger partial charge in [-0.3, -0.25) is 0 Å². The molecule has 1 aromatic heterocycles. The molecule has 0 atom stereocenters. The van der Waals surface area contributed by atoms with Crippen molar-refractivity contribution in [1.29, 1.82) is 0 Å². The molecule has 1 saturated heterocycles. The highest BCUT2D eigenvalue weighted by molar-refractivity contribution is 6.29. The van der Waals surface area contributed by atoms with Gasteiger partial charge in [-0.15, -0.1) is 0 Å². The maximum absolute atomic E-state index is 10.2. The summed E-state index contributed by atoms with van der Waals surface area (Å²) in [5.41, 5.74) is 4.71. The second-order valence-electron chi connectivity index (χ2n) is 4.12. The van der Waals surface area contributed by atoms with Crippen molar-refractivity contribution in [2.24, 2.45) is 0 Å². The van der Waals surface area contributed by atoms with Gasteiger partial charge in [-0.05, 0) is 0 Å². The smallest absolute Gasteiger partial charge is 0.223 e. The number of nitrogens with two attached hydrogens (primary N) is 1. The maximum atomic E-state index is 10.2. The zero-order chi connectivity index (χ0) is 12.3. The Bertz CT molecular complexity index is 376. The average Bonchev–Trinajstić information content (AvgIpc) is 2.26. The van der Waals surface area contributed by atoms with Crippen LogP contribution in [0.3, 0.4) is 0 Å². The lowest BCUT2D eigenvalue weighted by Crippen LogP contribution is -2.42. The van der Waals surface area contributed by atoms with Crippen molar-refractivity contribution in [2.45, 2.75) is 18.4 Å². The summed E-state index contributed by atoms with van der Waals surface area (Å²) < 4.78 is 5.20. The number of anilines is 2. The van der Waals surface area contributed by atoms with Crippen LogP contribution in [0.1, 0.15) is 12.8 Å². The van der Waals surface area contributed by atoms with Crippen molar-refractivity contribution in [1.82, 2.24) is 9.97 Å². The van der Waals surface area contributed by atoms with E-state index in [2.05, 4.69) is 15.3 Å². The van der Waals surface area contributed by atoms with E-state index >= 15 is 0 Å². The highest BCUT2D eigenvalue weighted by Gasteiger charge is 2.29. The molecule has 6 nitrogen and oxygen atoms in total. The number of aliphatic hydroxyl groups is 1. The Morgan fingerprint density at radius 2 is 2.18 bits per heavy atom. The van der Waals surface area contributed by atoms with Crippen LogP contribution in [0.25, 0.3) is 0 Å². The molecule has 1 fully saturated rings. The Hall–Kier alpha value is -1.11. The van der Waals surface area contributed by atoms with Gasteiger partial charge in [0.1, 0.15) is 11.0 Å². The molecule has 0 spiro atoms. The number of aromatic nitrogens is 2. The van der Waals surface area contributed by atoms with Crippen LogP contribution >= 0.6 is 11.6 Å². The Morgan fingerprint density at radius 3 is 2.82 bits per heavy atom. The molecule has 7 heteroatoms. The van der Waals surface area contributed by atoms with E-state index in [0.717, 1.165) is 0 Å². The number of hydrogen-bond donors (Lipinski definition) is 3. The lowest BCUT2D eigenvalue weighted by atomic mass is 9.94. The quantitative estimate of drug-likeness (QED) is 0.690. The van der Waals surface area contributed by atoms with E-state index in [1.807, 2.05) is 0 Å². The lowest BCUT2D eigenvalue weighted by molar-refractivity contribution is -0.0543. The molecule has 2 rings (SSSR count). The predicted octanol–water partition coefficient (Wildman–Crippen LogP) is 0.666. The third-order valence-electron chi connectivity index (χ3n) is 2.73. The van der Waals surface area contributed by atoms with Crippen LogP contribution in [-0.4, -0.2) is 40.4 Å². The molecule has 0 unspecified atom stereocenters. The Morgan fingerprint density at radius 1 is 1.47 bits per heavy atom. The van der Waals surface area contributed by atoms with Crippen LogP contribution in [0.4, 0.5) is 11.8 Å². The van der Waals surface area contributed by atoms with Gasteiger partial charge in [0.2, 0.25) is 5.95 Å². The van der Waals surface area contributed by atoms with Gasteiger partial charge in [0.25, 0.3) is 0 Å². The van der Waals surface area contributed by atoms with E-state index < -0.39 is 5.60 Å². The first-order valence-corrected chi connectivity index (χ1v) is 5.79. The summed E-state index contributed by atoms with van der Waals surface area (Å²) in [6.07, 6.45) is 1.21. The van der Waals surface area contributed by atoms with Gasteiger partial charge in [0, 0.05) is 38.7 Å². The Balaban J connectivity index is 1.96. The van der Waals surface area contributed by atoms with E-state index in [4.69, 9.17) is 22.1 Å². The van der Waals surface area contributed by atoms with Crippen LogP contribution in [0, 0.1) is 0 Å². The fraction of sp³-hybridized carbons (Fsp3) is 0.600. The molecule has 0 radical (unpaired) electrons. The van der Waals surface area contributed by atoms with Gasteiger partial charge < -0.3 is 20.9 Å². The van der Waals surface area contributed by atoms with Crippen molar-refractivity contribution in [3.63, 3.8) is 0 Å². The van der Waals surface area contributed by atoms with Crippen molar-refractivity contribution in [3.8, 4) is 0 Å². The van der Waals surface area contributed by atoms with Crippen molar-refractivity contribution in [3.05, 3.63) is 11.2 Å². The molecule has 0 amide bonds. The summed E-state index contributed by atoms with van der Waals surface area (Å²) >= 11 is 5.75. The third-order valence-corrected chi connectivity index (χ3v) is 2.93. The summed E-state index contributed by atoms with van der Waals surface area (Å²) in [6, 6.07) is 1.57. The van der Waals surface area contributed by atoms with Gasteiger partial charge in [-0.2, -0.15) is 4.98 Å². The van der Waals surface area contributed by atoms with Crippen LogP contribution in [0.15, 0.2) is 6.07 Å². The van der Waals surface area contributed by atoms with Gasteiger partial charge >= 0.3 is 0 Å². The standard InChI is InChI=1S/C10H15ClN4O2/c11-7-5-8(15-9(12)14-7)13-6-10(16)1-3-17-4-2-10/h5,16H,1-4,6H2,(H3,12,13,14,15). The van der Waals surface area contributed by atoms with Gasteiger partial charge in [-0.25, -0.2) is 4.98 Å².